The van der Waals surface area contributed by atoms with Gasteiger partial charge in [-0.3, -0.25) is 9.10 Å². The highest BCUT2D eigenvalue weighted by Crippen LogP contribution is 2.28. The first kappa shape index (κ1) is 29.8. The minimum atomic E-state index is -0.571. The summed E-state index contributed by atoms with van der Waals surface area (Å²) in [6.45, 7) is 7.00. The number of aliphatic hydroxyl groups is 1. The molecule has 0 spiro atoms. The number of anilines is 2. The zero-order chi connectivity index (χ0) is 28.0. The van der Waals surface area contributed by atoms with Crippen molar-refractivity contribution >= 4 is 40.1 Å². The van der Waals surface area contributed by atoms with Crippen molar-refractivity contribution in [1.82, 2.24) is 4.98 Å². The number of nitrogens with one attached hydrogen (secondary N) is 1. The smallest absolute Gasteiger partial charge is 0.258 e. The number of pyridine rings is 1. The highest BCUT2D eigenvalue weighted by Gasteiger charge is 2.17. The third-order valence-electron chi connectivity index (χ3n) is 5.52. The van der Waals surface area contributed by atoms with Gasteiger partial charge in [-0.15, -0.1) is 0 Å². The summed E-state index contributed by atoms with van der Waals surface area (Å²) in [5.41, 5.74) is 3.81. The minimum absolute atomic E-state index is 0.00842. The number of amides is 1. The van der Waals surface area contributed by atoms with E-state index in [0.717, 1.165) is 27.9 Å². The Hall–Kier alpha value is -3.72. The number of allylic oxidation sites excluding steroid dienone is 2. The molecule has 39 heavy (non-hydrogen) atoms. The van der Waals surface area contributed by atoms with Crippen LogP contribution in [-0.4, -0.2) is 41.7 Å². The number of benzene rings is 3. The predicted octanol–water partition coefficient (Wildman–Crippen LogP) is 7.32. The van der Waals surface area contributed by atoms with E-state index in [0.29, 0.717) is 24.7 Å². The van der Waals surface area contributed by atoms with Gasteiger partial charge in [0.1, 0.15) is 12.5 Å². The van der Waals surface area contributed by atoms with Gasteiger partial charge in [0.15, 0.2) is 0 Å². The monoisotopic (exact) mass is 547 g/mol. The molecule has 1 aliphatic heterocycles. The lowest BCUT2D eigenvalue weighted by Gasteiger charge is -2.27. The van der Waals surface area contributed by atoms with Gasteiger partial charge in [0.25, 0.3) is 5.91 Å². The number of ether oxygens (including phenoxy) is 1. The third kappa shape index (κ3) is 8.64. The Morgan fingerprint density at radius 2 is 1.85 bits per heavy atom. The molecule has 0 aliphatic carbocycles. The van der Waals surface area contributed by atoms with Gasteiger partial charge >= 0.3 is 0 Å². The van der Waals surface area contributed by atoms with E-state index in [1.165, 1.54) is 12.1 Å². The molecule has 0 saturated carbocycles. The highest BCUT2D eigenvalue weighted by atomic mass is 32.2. The second-order valence-corrected chi connectivity index (χ2v) is 9.43. The Morgan fingerprint density at radius 1 is 1.08 bits per heavy atom. The Balaban J connectivity index is 0.000000542. The van der Waals surface area contributed by atoms with Crippen LogP contribution in [0.3, 0.4) is 0 Å². The maximum Gasteiger partial charge on any atom is 0.258 e. The largest absolute Gasteiger partial charge is 0.397 e. The number of aromatic nitrogens is 1. The molecule has 1 saturated heterocycles. The molecule has 6 nitrogen and oxygen atoms in total. The van der Waals surface area contributed by atoms with Gasteiger partial charge in [-0.25, -0.2) is 9.37 Å². The predicted molar refractivity (Wildman–Crippen MR) is 161 cm³/mol. The molecule has 0 radical (unpaired) electrons. The van der Waals surface area contributed by atoms with Crippen LogP contribution in [-0.2, 0) is 4.74 Å². The topological polar surface area (TPSA) is 74.7 Å². The number of hydrogen-bond donors (Lipinski definition) is 2. The zero-order valence-electron chi connectivity index (χ0n) is 22.4. The number of para-hydroxylation sites is 1. The quantitative estimate of drug-likeness (QED) is 0.206. The van der Waals surface area contributed by atoms with Crippen molar-refractivity contribution in [3.05, 3.63) is 102 Å². The number of aliphatic hydroxyl groups excluding tert-OH is 1. The van der Waals surface area contributed by atoms with Gasteiger partial charge in [0.05, 0.1) is 29.1 Å². The number of fused-ring (bicyclic) bond motifs is 1. The summed E-state index contributed by atoms with van der Waals surface area (Å²) in [6.07, 6.45) is 4.00. The second kappa shape index (κ2) is 15.6. The van der Waals surface area contributed by atoms with E-state index >= 15 is 0 Å². The molecule has 0 atom stereocenters. The Morgan fingerprint density at radius 3 is 2.54 bits per heavy atom. The molecule has 0 bridgehead atoms. The van der Waals surface area contributed by atoms with Crippen LogP contribution in [0.5, 0.6) is 0 Å². The molecule has 204 valence electrons. The highest BCUT2D eigenvalue weighted by molar-refractivity contribution is 8.00. The van der Waals surface area contributed by atoms with Crippen LogP contribution in [0.2, 0.25) is 0 Å². The first-order valence-corrected chi connectivity index (χ1v) is 13.7. The molecule has 2 heterocycles. The third-order valence-corrected chi connectivity index (χ3v) is 6.49. The van der Waals surface area contributed by atoms with Crippen molar-refractivity contribution in [2.24, 2.45) is 0 Å². The van der Waals surface area contributed by atoms with Crippen LogP contribution in [0.15, 0.2) is 91.0 Å². The van der Waals surface area contributed by atoms with Crippen LogP contribution in [0.25, 0.3) is 22.2 Å². The molecule has 1 amide bonds. The fraction of sp³-hybridized carbons (Fsp3) is 0.226. The van der Waals surface area contributed by atoms with Crippen molar-refractivity contribution in [3.63, 3.8) is 0 Å². The molecular weight excluding hydrogens is 513 g/mol. The standard InChI is InChI=1S/C25H20FN3O2S.C4H8.C2H6O/c26-22-15-20(29-16-31-12-13-32-29)9-10-21(22)25(30)27-19-6-3-5-18(14-19)24-11-8-17-4-1-2-7-23(17)28-24;1-3-4-2;1-2-3/h1-11,14-15H,12-13,16H2,(H,27,30);3-4H,1-2H3;3H,2H2,1H3/b;4-3-;. The Kier molecular flexibility index (Phi) is 12.0. The van der Waals surface area contributed by atoms with Gasteiger partial charge in [0, 0.05) is 29.0 Å². The molecule has 8 heteroatoms. The summed E-state index contributed by atoms with van der Waals surface area (Å²) in [5, 5.41) is 11.4. The van der Waals surface area contributed by atoms with Crippen LogP contribution in [0.1, 0.15) is 31.1 Å². The van der Waals surface area contributed by atoms with E-state index in [2.05, 4.69) is 5.32 Å². The number of nitrogens with zero attached hydrogens (tertiary/aromatic N) is 2. The van der Waals surface area contributed by atoms with Gasteiger partial charge in [-0.05, 0) is 75.2 Å². The first-order valence-electron chi connectivity index (χ1n) is 12.7. The molecule has 0 unspecified atom stereocenters. The number of rotatable bonds is 4. The van der Waals surface area contributed by atoms with Crippen molar-refractivity contribution < 1.29 is 19.0 Å². The van der Waals surface area contributed by atoms with Crippen LogP contribution >= 0.6 is 11.9 Å². The lowest BCUT2D eigenvalue weighted by molar-refractivity contribution is 0.102. The molecule has 1 aliphatic rings. The maximum atomic E-state index is 14.7. The summed E-state index contributed by atoms with van der Waals surface area (Å²) < 4.78 is 22.0. The molecule has 5 rings (SSSR count). The Bertz CT molecular complexity index is 1390. The summed E-state index contributed by atoms with van der Waals surface area (Å²) >= 11 is 1.58. The molecule has 1 aromatic heterocycles. The van der Waals surface area contributed by atoms with Crippen molar-refractivity contribution in [2.75, 3.05) is 35.3 Å². The van der Waals surface area contributed by atoms with E-state index in [1.807, 2.05) is 84.9 Å². The average Bonchev–Trinajstić information content (AvgIpc) is 2.98. The fourth-order valence-electron chi connectivity index (χ4n) is 3.56. The average molecular weight is 548 g/mol. The SMILES string of the molecule is C/C=C\C.CCO.O=C(Nc1cccc(-c2ccc3ccccc3n2)c1)c1ccc(N2COCCS2)cc1F. The minimum Gasteiger partial charge on any atom is -0.397 e. The van der Waals surface area contributed by atoms with Gasteiger partial charge < -0.3 is 15.2 Å². The lowest BCUT2D eigenvalue weighted by atomic mass is 10.1. The van der Waals surface area contributed by atoms with Crippen molar-refractivity contribution in [1.29, 1.82) is 0 Å². The summed E-state index contributed by atoms with van der Waals surface area (Å²) in [4.78, 5) is 17.4. The molecule has 1 fully saturated rings. The molecule has 2 N–H and O–H groups in total. The summed E-state index contributed by atoms with van der Waals surface area (Å²) in [6, 6.07) is 23.9. The van der Waals surface area contributed by atoms with Crippen LogP contribution < -0.4 is 9.62 Å². The van der Waals surface area contributed by atoms with Crippen LogP contribution in [0, 0.1) is 5.82 Å². The zero-order valence-corrected chi connectivity index (χ0v) is 23.2. The summed E-state index contributed by atoms with van der Waals surface area (Å²) in [5.74, 6) is -0.259. The van der Waals surface area contributed by atoms with Gasteiger partial charge in [0.2, 0.25) is 0 Å². The fourth-order valence-corrected chi connectivity index (χ4v) is 4.39. The lowest BCUT2D eigenvalue weighted by Crippen LogP contribution is -2.26. The van der Waals surface area contributed by atoms with Gasteiger partial charge in [-0.2, -0.15) is 0 Å². The summed E-state index contributed by atoms with van der Waals surface area (Å²) in [7, 11) is 0. The van der Waals surface area contributed by atoms with Crippen LogP contribution in [0.4, 0.5) is 15.8 Å². The van der Waals surface area contributed by atoms with Crippen molar-refractivity contribution in [2.45, 2.75) is 20.8 Å². The van der Waals surface area contributed by atoms with E-state index in [1.54, 1.807) is 31.0 Å². The Labute approximate surface area is 233 Å². The van der Waals surface area contributed by atoms with E-state index in [9.17, 15) is 9.18 Å². The van der Waals surface area contributed by atoms with E-state index < -0.39 is 11.7 Å². The van der Waals surface area contributed by atoms with E-state index in [4.69, 9.17) is 14.8 Å². The van der Waals surface area contributed by atoms with Crippen molar-refractivity contribution in [3.8, 4) is 11.3 Å². The van der Waals surface area contributed by atoms with Gasteiger partial charge in [-0.1, -0.05) is 48.6 Å². The number of hydrogen-bond acceptors (Lipinski definition) is 6. The number of carbonyl (C=O) groups is 1. The second-order valence-electron chi connectivity index (χ2n) is 8.32. The maximum absolute atomic E-state index is 14.7. The molecule has 4 aromatic rings. The first-order chi connectivity index (χ1) is 19.0. The molecular formula is C31H34FN3O3S. The van der Waals surface area contributed by atoms with E-state index in [-0.39, 0.29) is 12.2 Å². The number of halogens is 1. The number of carbonyl (C=O) groups excluding carboxylic acids is 1. The normalized spacial score (nSPS) is 12.8. The molecule has 3 aromatic carbocycles.